The molecule has 4 aromatic rings. The van der Waals surface area contributed by atoms with Crippen LogP contribution in [0.1, 0.15) is 22.3 Å². The predicted molar refractivity (Wildman–Crippen MR) is 137 cm³/mol. The topological polar surface area (TPSA) is 0 Å². The summed E-state index contributed by atoms with van der Waals surface area (Å²) in [5.41, 5.74) is 5.79. The normalized spacial score (nSPS) is 10.1. The van der Waals surface area contributed by atoms with E-state index in [1.54, 1.807) is 5.19 Å². The molecule has 164 valence electrons. The van der Waals surface area contributed by atoms with Crippen molar-refractivity contribution in [3.8, 4) is 0 Å². The predicted octanol–water partition coefficient (Wildman–Crippen LogP) is 1.92. The third kappa shape index (κ3) is 4.77. The van der Waals surface area contributed by atoms with E-state index in [1.165, 1.54) is 37.8 Å². The first-order chi connectivity index (χ1) is 13.6. The van der Waals surface area contributed by atoms with Crippen molar-refractivity contribution in [3.63, 3.8) is 0 Å². The molecule has 0 amide bonds. The van der Waals surface area contributed by atoms with E-state index in [1.807, 2.05) is 0 Å². The molecular formula is C29H33ClSiTi. The molecule has 0 fully saturated rings. The quantitative estimate of drug-likeness (QED) is 0.232. The molecule has 0 heterocycles. The van der Waals surface area contributed by atoms with Gasteiger partial charge in [-0.1, -0.05) is 134 Å². The second-order valence-electron chi connectivity index (χ2n) is 7.72. The van der Waals surface area contributed by atoms with Crippen molar-refractivity contribution in [2.45, 2.75) is 27.7 Å². The summed E-state index contributed by atoms with van der Waals surface area (Å²) < 4.78 is 0. The second kappa shape index (κ2) is 12.5. The molecule has 0 N–H and O–H groups in total. The molecule has 4 aromatic carbocycles. The smallest absolute Gasteiger partial charge is 1.00 e. The van der Waals surface area contributed by atoms with Crippen molar-refractivity contribution in [2.24, 2.45) is 0 Å². The monoisotopic (exact) mass is 492 g/mol. The van der Waals surface area contributed by atoms with Gasteiger partial charge in [0.05, 0.1) is 0 Å². The first-order valence-corrected chi connectivity index (χ1v) is 12.0. The molecule has 0 atom stereocenters. The molecule has 4 rings (SSSR count). The van der Waals surface area contributed by atoms with Crippen LogP contribution in [0.15, 0.2) is 91.0 Å². The minimum Gasteiger partial charge on any atom is -1.00 e. The summed E-state index contributed by atoms with van der Waals surface area (Å²) >= 11 is 0. The van der Waals surface area contributed by atoms with E-state index in [-0.39, 0.29) is 49.0 Å². The third-order valence-electron chi connectivity index (χ3n) is 6.43. The first kappa shape index (κ1) is 30.2. The molecule has 0 saturated carbocycles. The summed E-state index contributed by atoms with van der Waals surface area (Å²) in [6, 6.07) is 33.5. The van der Waals surface area contributed by atoms with Crippen LogP contribution in [0.4, 0.5) is 0 Å². The van der Waals surface area contributed by atoms with E-state index in [0.717, 1.165) is 0 Å². The van der Waals surface area contributed by atoms with Crippen molar-refractivity contribution in [2.75, 3.05) is 0 Å². The van der Waals surface area contributed by atoms with Gasteiger partial charge in [-0.2, -0.15) is 22.3 Å². The van der Waals surface area contributed by atoms with Crippen molar-refractivity contribution in [1.82, 2.24) is 0 Å². The fourth-order valence-electron chi connectivity index (χ4n) is 4.78. The van der Waals surface area contributed by atoms with Crippen LogP contribution < -0.4 is 33.2 Å². The molecule has 0 aliphatic carbocycles. The zero-order valence-corrected chi connectivity index (χ0v) is 23.4. The Morgan fingerprint density at radius 3 is 1.00 bits per heavy atom. The summed E-state index contributed by atoms with van der Waals surface area (Å²) in [6.45, 7) is 9.20. The molecule has 0 nitrogen and oxygen atoms in total. The Hall–Kier alpha value is -1.77. The van der Waals surface area contributed by atoms with E-state index < -0.39 is 8.07 Å². The van der Waals surface area contributed by atoms with Gasteiger partial charge in [0.2, 0.25) is 0 Å². The molecule has 0 radical (unpaired) electrons. The van der Waals surface area contributed by atoms with Gasteiger partial charge >= 0.3 is 21.7 Å². The van der Waals surface area contributed by atoms with Crippen LogP contribution in [0.5, 0.6) is 0 Å². The minimum absolute atomic E-state index is 0. The van der Waals surface area contributed by atoms with Gasteiger partial charge < -0.3 is 27.3 Å². The average Bonchev–Trinajstić information content (AvgIpc) is 2.95. The minimum atomic E-state index is -2.40. The standard InChI is InChI=1S/C27H27Si.2CH3.ClH.Ti/c1-20-21(2)23(4)27(22(20)3)28(24-14-8-5-9-15-24,25-16-10-6-11-17-25)26-18-12-7-13-19-26;;;;/h5-19H,1-4H3;2*1H3;1H;/q3*-1;;+4/p-1. The van der Waals surface area contributed by atoms with Crippen molar-refractivity contribution >= 4 is 28.8 Å². The fourth-order valence-corrected chi connectivity index (χ4v) is 10.2. The maximum Gasteiger partial charge on any atom is 4.00 e. The van der Waals surface area contributed by atoms with Crippen molar-refractivity contribution in [1.29, 1.82) is 0 Å². The zero-order chi connectivity index (χ0) is 19.7. The van der Waals surface area contributed by atoms with E-state index >= 15 is 0 Å². The summed E-state index contributed by atoms with van der Waals surface area (Å²) in [7, 11) is -2.40. The van der Waals surface area contributed by atoms with Gasteiger partial charge in [-0.05, 0) is 0 Å². The van der Waals surface area contributed by atoms with Gasteiger partial charge in [-0.25, -0.2) is 0 Å². The molecule has 0 spiro atoms. The summed E-state index contributed by atoms with van der Waals surface area (Å²) in [4.78, 5) is 0. The van der Waals surface area contributed by atoms with Gasteiger partial charge in [0.15, 0.2) is 0 Å². The van der Waals surface area contributed by atoms with Gasteiger partial charge in [-0.15, -0.1) is 5.19 Å². The van der Waals surface area contributed by atoms with Crippen LogP contribution in [0.3, 0.4) is 0 Å². The molecule has 0 aliphatic rings. The number of benzene rings is 3. The Balaban J connectivity index is 0.00000240. The van der Waals surface area contributed by atoms with Crippen molar-refractivity contribution < 1.29 is 34.1 Å². The average molecular weight is 493 g/mol. The second-order valence-corrected chi connectivity index (χ2v) is 11.5. The maximum absolute atomic E-state index is 2.40. The van der Waals surface area contributed by atoms with Gasteiger partial charge in [0, 0.05) is 0 Å². The SMILES string of the molecule is Cc1c(C)c(C)[c-]([Si](c2ccccc2)(c2ccccc2)c2ccccc2)c1C.[CH3-].[CH3-].[Cl-].[Ti+4]. The van der Waals surface area contributed by atoms with Crippen LogP contribution in [0.25, 0.3) is 0 Å². The molecule has 0 bridgehead atoms. The van der Waals surface area contributed by atoms with Crippen molar-refractivity contribution in [3.05, 3.63) is 128 Å². The largest absolute Gasteiger partial charge is 4.00 e. The Labute approximate surface area is 217 Å². The summed E-state index contributed by atoms with van der Waals surface area (Å²) in [6.07, 6.45) is 0. The molecule has 0 aromatic heterocycles. The Bertz CT molecular complexity index is 964. The number of hydrogen-bond donors (Lipinski definition) is 0. The Morgan fingerprint density at radius 2 is 0.750 bits per heavy atom. The molecule has 3 heteroatoms. The number of rotatable bonds is 4. The first-order valence-electron chi connectivity index (χ1n) is 9.98. The van der Waals surface area contributed by atoms with E-state index in [4.69, 9.17) is 0 Å². The molecule has 0 unspecified atom stereocenters. The zero-order valence-electron chi connectivity index (χ0n) is 20.0. The maximum atomic E-state index is 2.34. The number of halogens is 1. The third-order valence-corrected chi connectivity index (χ3v) is 11.5. The van der Waals surface area contributed by atoms with E-state index in [9.17, 15) is 0 Å². The Kier molecular flexibility index (Phi) is 11.8. The van der Waals surface area contributed by atoms with E-state index in [2.05, 4.69) is 119 Å². The van der Waals surface area contributed by atoms with Crippen LogP contribution >= 0.6 is 0 Å². The van der Waals surface area contributed by atoms with Gasteiger partial charge in [0.1, 0.15) is 8.07 Å². The van der Waals surface area contributed by atoms with Gasteiger partial charge in [-0.3, -0.25) is 0 Å². The molecule has 32 heavy (non-hydrogen) atoms. The Morgan fingerprint density at radius 1 is 0.500 bits per heavy atom. The van der Waals surface area contributed by atoms with Crippen LogP contribution in [-0.2, 0) is 21.7 Å². The molecular weight excluding hydrogens is 460 g/mol. The summed E-state index contributed by atoms with van der Waals surface area (Å²) in [5, 5.41) is 5.90. The van der Waals surface area contributed by atoms with Crippen LogP contribution in [-0.4, -0.2) is 8.07 Å². The number of hydrogen-bond acceptors (Lipinski definition) is 0. The van der Waals surface area contributed by atoms with E-state index in [0.29, 0.717) is 0 Å². The molecule has 0 saturated heterocycles. The van der Waals surface area contributed by atoms with Crippen LogP contribution in [0.2, 0.25) is 0 Å². The van der Waals surface area contributed by atoms with Gasteiger partial charge in [0.25, 0.3) is 0 Å². The molecule has 0 aliphatic heterocycles. The fraction of sp³-hybridized carbons (Fsp3) is 0.138. The summed E-state index contributed by atoms with van der Waals surface area (Å²) in [5.74, 6) is 0. The van der Waals surface area contributed by atoms with Crippen LogP contribution in [0, 0.1) is 42.5 Å².